The van der Waals surface area contributed by atoms with Crippen LogP contribution in [0.3, 0.4) is 0 Å². The number of hydrogen-bond acceptors (Lipinski definition) is 4. The number of benzene rings is 1. The molecule has 2 rings (SSSR count). The van der Waals surface area contributed by atoms with Gasteiger partial charge in [0.2, 0.25) is 15.9 Å². The smallest absolute Gasteiger partial charge is 0.230 e. The van der Waals surface area contributed by atoms with Gasteiger partial charge in [-0.3, -0.25) is 9.52 Å². The summed E-state index contributed by atoms with van der Waals surface area (Å²) >= 11 is 0. The molecule has 0 radical (unpaired) electrons. The summed E-state index contributed by atoms with van der Waals surface area (Å²) in [6, 6.07) is 6.70. The van der Waals surface area contributed by atoms with E-state index in [1.807, 2.05) is 6.92 Å². The predicted octanol–water partition coefficient (Wildman–Crippen LogP) is 1.39. The van der Waals surface area contributed by atoms with E-state index in [1.54, 1.807) is 24.3 Å². The number of sulfonamides is 1. The second kappa shape index (κ2) is 6.03. The van der Waals surface area contributed by atoms with E-state index < -0.39 is 10.0 Å². The van der Waals surface area contributed by atoms with Gasteiger partial charge in [-0.2, -0.15) is 0 Å². The molecule has 0 aliphatic carbocycles. The minimum Gasteiger partial charge on any atom is -0.326 e. The van der Waals surface area contributed by atoms with Crippen LogP contribution < -0.4 is 15.4 Å². The van der Waals surface area contributed by atoms with E-state index in [9.17, 15) is 13.2 Å². The van der Waals surface area contributed by atoms with E-state index >= 15 is 0 Å². The summed E-state index contributed by atoms with van der Waals surface area (Å²) in [5, 5.41) is 6.11. The summed E-state index contributed by atoms with van der Waals surface area (Å²) in [7, 11) is -3.33. The summed E-state index contributed by atoms with van der Waals surface area (Å²) in [6.07, 6.45) is 2.68. The lowest BCUT2D eigenvalue weighted by molar-refractivity contribution is -0.126. The minimum atomic E-state index is -3.33. The molecule has 0 bridgehead atoms. The van der Waals surface area contributed by atoms with Gasteiger partial charge in [0, 0.05) is 11.1 Å². The van der Waals surface area contributed by atoms with Crippen molar-refractivity contribution in [2.45, 2.75) is 19.8 Å². The molecule has 6 nitrogen and oxygen atoms in total. The van der Waals surface area contributed by atoms with Crippen LogP contribution in [0.1, 0.15) is 19.8 Å². The molecular weight excluding hydrogens is 290 g/mol. The second-order valence-electron chi connectivity index (χ2n) is 5.72. The third kappa shape index (κ3) is 4.44. The highest BCUT2D eigenvalue weighted by Gasteiger charge is 2.34. The van der Waals surface area contributed by atoms with Crippen LogP contribution >= 0.6 is 0 Å². The first kappa shape index (κ1) is 15.8. The zero-order valence-electron chi connectivity index (χ0n) is 12.3. The summed E-state index contributed by atoms with van der Waals surface area (Å²) in [5.74, 6) is -0.0273. The van der Waals surface area contributed by atoms with Crippen molar-refractivity contribution in [3.63, 3.8) is 0 Å². The molecule has 116 valence electrons. The quantitative estimate of drug-likeness (QED) is 0.784. The van der Waals surface area contributed by atoms with Gasteiger partial charge in [0.15, 0.2) is 0 Å². The predicted molar refractivity (Wildman–Crippen MR) is 83.7 cm³/mol. The highest BCUT2D eigenvalue weighted by atomic mass is 32.2. The van der Waals surface area contributed by atoms with E-state index in [2.05, 4.69) is 15.4 Å². The Kier molecular flexibility index (Phi) is 4.53. The molecule has 0 unspecified atom stereocenters. The third-order valence-electron chi connectivity index (χ3n) is 3.68. The van der Waals surface area contributed by atoms with E-state index in [0.717, 1.165) is 32.2 Å². The SMILES string of the molecule is CC1(C(=O)Nc2cccc(NS(C)(=O)=O)c2)CCNCC1. The summed E-state index contributed by atoms with van der Waals surface area (Å²) in [6.45, 7) is 3.63. The maximum atomic E-state index is 12.4. The number of hydrogen-bond donors (Lipinski definition) is 3. The van der Waals surface area contributed by atoms with Crippen molar-refractivity contribution in [3.05, 3.63) is 24.3 Å². The Bertz CT molecular complexity index is 622. The summed E-state index contributed by atoms with van der Waals surface area (Å²) < 4.78 is 24.8. The molecule has 1 aromatic carbocycles. The average molecular weight is 311 g/mol. The highest BCUT2D eigenvalue weighted by molar-refractivity contribution is 7.92. The van der Waals surface area contributed by atoms with E-state index in [1.165, 1.54) is 0 Å². The Balaban J connectivity index is 2.09. The Morgan fingerprint density at radius 2 is 1.86 bits per heavy atom. The molecule has 1 amide bonds. The molecule has 3 N–H and O–H groups in total. The second-order valence-corrected chi connectivity index (χ2v) is 7.47. The van der Waals surface area contributed by atoms with Crippen LogP contribution in [0.5, 0.6) is 0 Å². The number of rotatable bonds is 4. The Morgan fingerprint density at radius 1 is 1.24 bits per heavy atom. The van der Waals surface area contributed by atoms with Crippen LogP contribution in [0.15, 0.2) is 24.3 Å². The van der Waals surface area contributed by atoms with Gasteiger partial charge in [-0.15, -0.1) is 0 Å². The van der Waals surface area contributed by atoms with Gasteiger partial charge in [-0.25, -0.2) is 8.42 Å². The van der Waals surface area contributed by atoms with Crippen LogP contribution in [-0.2, 0) is 14.8 Å². The van der Waals surface area contributed by atoms with Crippen LogP contribution in [0.4, 0.5) is 11.4 Å². The van der Waals surface area contributed by atoms with Crippen molar-refractivity contribution >= 4 is 27.3 Å². The Labute approximate surface area is 125 Å². The molecule has 1 aromatic rings. The number of nitrogens with one attached hydrogen (secondary N) is 3. The molecule has 1 saturated heterocycles. The third-order valence-corrected chi connectivity index (χ3v) is 4.29. The highest BCUT2D eigenvalue weighted by Crippen LogP contribution is 2.30. The van der Waals surface area contributed by atoms with Gasteiger partial charge >= 0.3 is 0 Å². The number of carbonyl (C=O) groups is 1. The molecule has 0 spiro atoms. The topological polar surface area (TPSA) is 87.3 Å². The van der Waals surface area contributed by atoms with Gasteiger partial charge in [0.05, 0.1) is 11.9 Å². The first-order valence-electron chi connectivity index (χ1n) is 6.89. The van der Waals surface area contributed by atoms with Gasteiger partial charge in [0.25, 0.3) is 0 Å². The number of carbonyl (C=O) groups excluding carboxylic acids is 1. The van der Waals surface area contributed by atoms with Crippen molar-refractivity contribution in [3.8, 4) is 0 Å². The minimum absolute atomic E-state index is 0.0273. The molecule has 1 heterocycles. The lowest BCUT2D eigenvalue weighted by Crippen LogP contribution is -2.42. The first-order chi connectivity index (χ1) is 9.78. The maximum Gasteiger partial charge on any atom is 0.230 e. The fraction of sp³-hybridized carbons (Fsp3) is 0.500. The van der Waals surface area contributed by atoms with Gasteiger partial charge in [-0.05, 0) is 44.1 Å². The number of piperidine rings is 1. The van der Waals surface area contributed by atoms with Crippen LogP contribution in [-0.4, -0.2) is 33.7 Å². The zero-order valence-corrected chi connectivity index (χ0v) is 13.1. The largest absolute Gasteiger partial charge is 0.326 e. The van der Waals surface area contributed by atoms with Crippen molar-refractivity contribution in [1.82, 2.24) is 5.32 Å². The fourth-order valence-corrected chi connectivity index (χ4v) is 2.92. The Hall–Kier alpha value is -1.60. The molecular formula is C14H21N3O3S. The number of anilines is 2. The molecule has 0 saturated carbocycles. The summed E-state index contributed by atoms with van der Waals surface area (Å²) in [5.41, 5.74) is 0.644. The van der Waals surface area contributed by atoms with Crippen LogP contribution in [0, 0.1) is 5.41 Å². The standard InChI is InChI=1S/C14H21N3O3S/c1-14(6-8-15-9-7-14)13(18)16-11-4-3-5-12(10-11)17-21(2,19)20/h3-5,10,15,17H,6-9H2,1-2H3,(H,16,18). The lowest BCUT2D eigenvalue weighted by Gasteiger charge is -2.32. The van der Waals surface area contributed by atoms with E-state index in [4.69, 9.17) is 0 Å². The van der Waals surface area contributed by atoms with Crippen molar-refractivity contribution < 1.29 is 13.2 Å². The van der Waals surface area contributed by atoms with Gasteiger partial charge in [0.1, 0.15) is 0 Å². The molecule has 7 heteroatoms. The fourth-order valence-electron chi connectivity index (χ4n) is 2.36. The molecule has 1 aliphatic heterocycles. The van der Waals surface area contributed by atoms with Crippen molar-refractivity contribution in [2.75, 3.05) is 29.4 Å². The van der Waals surface area contributed by atoms with Crippen LogP contribution in [0.2, 0.25) is 0 Å². The molecule has 0 aromatic heterocycles. The average Bonchev–Trinajstić information content (AvgIpc) is 2.38. The van der Waals surface area contributed by atoms with Crippen molar-refractivity contribution in [1.29, 1.82) is 0 Å². The monoisotopic (exact) mass is 311 g/mol. The Morgan fingerprint density at radius 3 is 2.48 bits per heavy atom. The van der Waals surface area contributed by atoms with Crippen LogP contribution in [0.25, 0.3) is 0 Å². The molecule has 0 atom stereocenters. The lowest BCUT2D eigenvalue weighted by atomic mass is 9.80. The number of amides is 1. The van der Waals surface area contributed by atoms with Crippen molar-refractivity contribution in [2.24, 2.45) is 5.41 Å². The van der Waals surface area contributed by atoms with Gasteiger partial charge < -0.3 is 10.6 Å². The molecule has 1 aliphatic rings. The normalized spacial score (nSPS) is 18.0. The maximum absolute atomic E-state index is 12.4. The van der Waals surface area contributed by atoms with E-state index in [-0.39, 0.29) is 11.3 Å². The molecule has 1 fully saturated rings. The van der Waals surface area contributed by atoms with E-state index in [0.29, 0.717) is 11.4 Å². The molecule has 21 heavy (non-hydrogen) atoms. The summed E-state index contributed by atoms with van der Waals surface area (Å²) in [4.78, 5) is 12.4. The zero-order chi connectivity index (χ0) is 15.5. The van der Waals surface area contributed by atoms with Gasteiger partial charge in [-0.1, -0.05) is 13.0 Å². The first-order valence-corrected chi connectivity index (χ1v) is 8.78.